The molecule has 26 heavy (non-hydrogen) atoms. The van der Waals surface area contributed by atoms with Crippen LogP contribution in [-0.2, 0) is 17.8 Å². The molecule has 7 nitrogen and oxygen atoms in total. The van der Waals surface area contributed by atoms with Gasteiger partial charge in [-0.05, 0) is 17.7 Å². The van der Waals surface area contributed by atoms with Gasteiger partial charge in [0.25, 0.3) is 5.69 Å². The van der Waals surface area contributed by atoms with Crippen molar-refractivity contribution in [1.82, 2.24) is 9.78 Å². The van der Waals surface area contributed by atoms with Gasteiger partial charge >= 0.3 is 5.82 Å². The van der Waals surface area contributed by atoms with Crippen LogP contribution in [0.4, 0.5) is 5.69 Å². The van der Waals surface area contributed by atoms with Crippen LogP contribution < -0.4 is 4.57 Å². The normalized spacial score (nSPS) is 20.3. The Morgan fingerprint density at radius 3 is 2.88 bits per heavy atom. The third-order valence-electron chi connectivity index (χ3n) is 5.00. The van der Waals surface area contributed by atoms with E-state index in [4.69, 9.17) is 4.74 Å². The number of rotatable bonds is 2. The summed E-state index contributed by atoms with van der Waals surface area (Å²) < 4.78 is 10.7. The largest absolute Gasteiger partial charge is 0.363 e. The number of halogens is 1. The maximum absolute atomic E-state index is 11.3. The van der Waals surface area contributed by atoms with Crippen molar-refractivity contribution in [2.45, 2.75) is 25.2 Å². The lowest BCUT2D eigenvalue weighted by Gasteiger charge is -2.23. The van der Waals surface area contributed by atoms with Gasteiger partial charge in [0.1, 0.15) is 24.4 Å². The number of ether oxygens (including phenoxy) is 1. The molecule has 0 spiro atoms. The second-order valence-corrected chi connectivity index (χ2v) is 7.32. The van der Waals surface area contributed by atoms with Crippen LogP contribution in [0.25, 0.3) is 5.69 Å². The summed E-state index contributed by atoms with van der Waals surface area (Å²) in [6.07, 6.45) is 2.63. The highest BCUT2D eigenvalue weighted by atomic mass is 79.9. The molecule has 2 unspecified atom stereocenters. The lowest BCUT2D eigenvalue weighted by Crippen LogP contribution is -2.51. The van der Waals surface area contributed by atoms with E-state index >= 15 is 0 Å². The van der Waals surface area contributed by atoms with Gasteiger partial charge in [-0.25, -0.2) is 4.57 Å². The first-order valence-corrected chi connectivity index (χ1v) is 9.04. The molecule has 0 saturated carbocycles. The molecule has 0 amide bonds. The molecule has 0 saturated heterocycles. The van der Waals surface area contributed by atoms with E-state index in [1.807, 2.05) is 41.3 Å². The molecule has 2 aromatic carbocycles. The molecule has 0 bridgehead atoms. The summed E-state index contributed by atoms with van der Waals surface area (Å²) in [6, 6.07) is 13.0. The van der Waals surface area contributed by atoms with E-state index in [0.717, 1.165) is 33.5 Å². The van der Waals surface area contributed by atoms with Gasteiger partial charge in [0.15, 0.2) is 0 Å². The number of nitrogens with zero attached hydrogens (tertiary/aromatic N) is 4. The number of para-hydroxylation sites is 1. The van der Waals surface area contributed by atoms with Gasteiger partial charge in [-0.1, -0.05) is 38.8 Å². The first-order valence-electron chi connectivity index (χ1n) is 8.25. The highest BCUT2D eigenvalue weighted by Gasteiger charge is 2.45. The summed E-state index contributed by atoms with van der Waals surface area (Å²) in [5, 5.41) is 15.9. The topological polar surface area (TPSA) is 74.1 Å². The van der Waals surface area contributed by atoms with E-state index in [2.05, 4.69) is 25.6 Å². The molecule has 8 heteroatoms. The molecule has 0 fully saturated rings. The molecule has 1 aliphatic carbocycles. The Hall–Kier alpha value is -2.58. The van der Waals surface area contributed by atoms with E-state index in [1.165, 1.54) is 0 Å². The minimum atomic E-state index is -0.360. The van der Waals surface area contributed by atoms with Crippen molar-refractivity contribution >= 4 is 21.6 Å². The summed E-state index contributed by atoms with van der Waals surface area (Å²) in [4.78, 5) is 10.9. The van der Waals surface area contributed by atoms with Crippen molar-refractivity contribution < 1.29 is 14.2 Å². The number of hydrogen-bond donors (Lipinski definition) is 0. The van der Waals surface area contributed by atoms with Crippen LogP contribution in [0.5, 0.6) is 0 Å². The van der Waals surface area contributed by atoms with Crippen LogP contribution >= 0.6 is 15.9 Å². The number of non-ortho nitro benzene ring substituents is 1. The molecule has 1 aliphatic heterocycles. The molecule has 2 atom stereocenters. The van der Waals surface area contributed by atoms with Crippen molar-refractivity contribution in [1.29, 1.82) is 0 Å². The molecule has 0 radical (unpaired) electrons. The monoisotopic (exact) mass is 413 g/mol. The first-order chi connectivity index (χ1) is 12.6. The first kappa shape index (κ1) is 15.7. The molecule has 130 valence electrons. The van der Waals surface area contributed by atoms with Gasteiger partial charge < -0.3 is 4.74 Å². The zero-order valence-electron chi connectivity index (χ0n) is 13.6. The zero-order valence-corrected chi connectivity index (χ0v) is 15.2. The number of aromatic nitrogens is 3. The SMILES string of the molecule is O=[N+]([O-])c1cc(Br)c2c(c1)C1C(C2)OCc2nn(-c3ccccc3)c[n+]21. The van der Waals surface area contributed by atoms with Crippen molar-refractivity contribution in [3.05, 3.63) is 80.3 Å². The maximum Gasteiger partial charge on any atom is 0.304 e. The van der Waals surface area contributed by atoms with E-state index in [-0.39, 0.29) is 22.8 Å². The van der Waals surface area contributed by atoms with Gasteiger partial charge in [-0.2, -0.15) is 0 Å². The maximum atomic E-state index is 11.3. The molecule has 2 aliphatic rings. The van der Waals surface area contributed by atoms with Crippen LogP contribution in [0, 0.1) is 10.1 Å². The Morgan fingerprint density at radius 1 is 1.31 bits per heavy atom. The van der Waals surface area contributed by atoms with E-state index in [0.29, 0.717) is 6.61 Å². The average Bonchev–Trinajstić information content (AvgIpc) is 3.23. The predicted octanol–water partition coefficient (Wildman–Crippen LogP) is 2.87. The van der Waals surface area contributed by atoms with Crippen molar-refractivity contribution in [3.63, 3.8) is 0 Å². The fraction of sp³-hybridized carbons (Fsp3) is 0.222. The number of nitro groups is 1. The second kappa shape index (κ2) is 5.72. The van der Waals surface area contributed by atoms with Gasteiger partial charge in [0.05, 0.1) is 4.92 Å². The van der Waals surface area contributed by atoms with Gasteiger partial charge in [0, 0.05) is 33.7 Å². The van der Waals surface area contributed by atoms with Crippen LogP contribution in [0.1, 0.15) is 23.0 Å². The van der Waals surface area contributed by atoms with Gasteiger partial charge in [-0.3, -0.25) is 10.1 Å². The third kappa shape index (κ3) is 2.29. The van der Waals surface area contributed by atoms with Crippen molar-refractivity contribution in [3.8, 4) is 5.69 Å². The van der Waals surface area contributed by atoms with Crippen molar-refractivity contribution in [2.24, 2.45) is 0 Å². The number of hydrogen-bond acceptors (Lipinski definition) is 4. The van der Waals surface area contributed by atoms with Gasteiger partial charge in [-0.15, -0.1) is 0 Å². The van der Waals surface area contributed by atoms with Crippen molar-refractivity contribution in [2.75, 3.05) is 0 Å². The van der Waals surface area contributed by atoms with Crippen LogP contribution in [0.2, 0.25) is 0 Å². The van der Waals surface area contributed by atoms with Gasteiger partial charge in [0.2, 0.25) is 6.33 Å². The van der Waals surface area contributed by atoms with E-state index < -0.39 is 0 Å². The smallest absolute Gasteiger partial charge is 0.304 e. The Labute approximate surface area is 157 Å². The summed E-state index contributed by atoms with van der Waals surface area (Å²) in [6.45, 7) is 0.425. The minimum Gasteiger partial charge on any atom is -0.363 e. The molecule has 3 aromatic rings. The number of benzene rings is 2. The fourth-order valence-corrected chi connectivity index (χ4v) is 4.45. The number of nitro benzene ring substituents is 1. The number of fused-ring (bicyclic) bond motifs is 5. The molecule has 1 aromatic heterocycles. The van der Waals surface area contributed by atoms with E-state index in [9.17, 15) is 10.1 Å². The second-order valence-electron chi connectivity index (χ2n) is 6.47. The Balaban J connectivity index is 1.65. The summed E-state index contributed by atoms with van der Waals surface area (Å²) in [7, 11) is 0. The highest BCUT2D eigenvalue weighted by Crippen LogP contribution is 2.41. The molecular formula is C18H14BrN4O3+. The molecular weight excluding hydrogens is 400 g/mol. The highest BCUT2D eigenvalue weighted by molar-refractivity contribution is 9.10. The summed E-state index contributed by atoms with van der Waals surface area (Å²) in [5.74, 6) is 0.811. The standard InChI is InChI=1S/C18H14BrN4O3/c19-15-7-12(23(24)25)6-14-13(15)8-16-18(14)21-10-22(20-17(21)9-26-16)11-4-2-1-3-5-11/h1-7,10,16,18H,8-9H2/q+1. The fourth-order valence-electron chi connectivity index (χ4n) is 3.83. The zero-order chi connectivity index (χ0) is 17.8. The average molecular weight is 414 g/mol. The predicted molar refractivity (Wildman–Crippen MR) is 95.0 cm³/mol. The lowest BCUT2D eigenvalue weighted by molar-refractivity contribution is -0.739. The Bertz CT molecular complexity index is 1030. The minimum absolute atomic E-state index is 0.0470. The van der Waals surface area contributed by atoms with Crippen LogP contribution in [-0.4, -0.2) is 20.8 Å². The molecule has 2 heterocycles. The Morgan fingerprint density at radius 2 is 2.12 bits per heavy atom. The van der Waals surface area contributed by atoms with E-state index in [1.54, 1.807) is 12.1 Å². The Kier molecular flexibility index (Phi) is 3.44. The quantitative estimate of drug-likeness (QED) is 0.367. The molecule has 0 N–H and O–H groups in total. The van der Waals surface area contributed by atoms with Crippen LogP contribution in [0.15, 0.2) is 53.3 Å². The third-order valence-corrected chi connectivity index (χ3v) is 5.71. The summed E-state index contributed by atoms with van der Waals surface area (Å²) in [5.41, 5.74) is 3.04. The summed E-state index contributed by atoms with van der Waals surface area (Å²) >= 11 is 3.49. The molecule has 5 rings (SSSR count). The lowest BCUT2D eigenvalue weighted by atomic mass is 10.1. The van der Waals surface area contributed by atoms with Crippen LogP contribution in [0.3, 0.4) is 0 Å².